The van der Waals surface area contributed by atoms with Gasteiger partial charge in [0.05, 0.1) is 0 Å². The zero-order chi connectivity index (χ0) is 16.9. The topological polar surface area (TPSA) is 87.3 Å². The Morgan fingerprint density at radius 2 is 1.75 bits per heavy atom. The molecule has 0 saturated carbocycles. The predicted molar refractivity (Wildman–Crippen MR) is 89.3 cm³/mol. The SMILES string of the molecule is O=C1NC(=O)C(CCNC(=O)c2cccc(-c3ccccc3)c2)N1. The Morgan fingerprint density at radius 3 is 2.46 bits per heavy atom. The quantitative estimate of drug-likeness (QED) is 0.732. The van der Waals surface area contributed by atoms with E-state index in [1.54, 1.807) is 6.07 Å². The molecule has 0 spiro atoms. The van der Waals surface area contributed by atoms with Gasteiger partial charge in [-0.3, -0.25) is 14.9 Å². The Morgan fingerprint density at radius 1 is 1.00 bits per heavy atom. The molecule has 1 unspecified atom stereocenters. The smallest absolute Gasteiger partial charge is 0.322 e. The van der Waals surface area contributed by atoms with Crippen LogP contribution in [-0.4, -0.2) is 30.4 Å². The summed E-state index contributed by atoms with van der Waals surface area (Å²) < 4.78 is 0. The lowest BCUT2D eigenvalue weighted by Gasteiger charge is -2.09. The van der Waals surface area contributed by atoms with Gasteiger partial charge < -0.3 is 10.6 Å². The van der Waals surface area contributed by atoms with Crippen LogP contribution in [0.25, 0.3) is 11.1 Å². The van der Waals surface area contributed by atoms with E-state index in [0.717, 1.165) is 11.1 Å². The Bertz CT molecular complexity index is 774. The molecule has 4 amide bonds. The molecule has 3 N–H and O–H groups in total. The standard InChI is InChI=1S/C18H17N3O3/c22-16(19-10-9-15-17(23)21-18(24)20-15)14-8-4-7-13(11-14)12-5-2-1-3-6-12/h1-8,11,15H,9-10H2,(H,19,22)(H2,20,21,23,24). The molecule has 1 aliphatic heterocycles. The summed E-state index contributed by atoms with van der Waals surface area (Å²) in [4.78, 5) is 34.7. The first-order chi connectivity index (χ1) is 11.6. The minimum absolute atomic E-state index is 0.211. The third kappa shape index (κ3) is 3.60. The highest BCUT2D eigenvalue weighted by Gasteiger charge is 2.28. The highest BCUT2D eigenvalue weighted by molar-refractivity contribution is 6.04. The normalized spacial score (nSPS) is 16.4. The fourth-order valence-electron chi connectivity index (χ4n) is 2.56. The molecular formula is C18H17N3O3. The number of benzene rings is 2. The maximum atomic E-state index is 12.2. The van der Waals surface area contributed by atoms with Crippen molar-refractivity contribution >= 4 is 17.8 Å². The highest BCUT2D eigenvalue weighted by Crippen LogP contribution is 2.19. The first-order valence-corrected chi connectivity index (χ1v) is 7.68. The summed E-state index contributed by atoms with van der Waals surface area (Å²) in [6, 6.07) is 16.1. The van der Waals surface area contributed by atoms with E-state index in [1.165, 1.54) is 0 Å². The lowest BCUT2D eigenvalue weighted by molar-refractivity contribution is -0.120. The minimum atomic E-state index is -0.589. The van der Waals surface area contributed by atoms with Crippen LogP contribution >= 0.6 is 0 Å². The second-order valence-electron chi connectivity index (χ2n) is 5.51. The van der Waals surface area contributed by atoms with Gasteiger partial charge in [-0.25, -0.2) is 4.79 Å². The average Bonchev–Trinajstić information content (AvgIpc) is 2.93. The van der Waals surface area contributed by atoms with E-state index in [0.29, 0.717) is 18.5 Å². The van der Waals surface area contributed by atoms with Crippen molar-refractivity contribution in [2.45, 2.75) is 12.5 Å². The third-order valence-electron chi connectivity index (χ3n) is 3.81. The van der Waals surface area contributed by atoms with E-state index in [2.05, 4.69) is 16.0 Å². The molecule has 0 aromatic heterocycles. The third-order valence-corrected chi connectivity index (χ3v) is 3.81. The van der Waals surface area contributed by atoms with Crippen LogP contribution in [0.2, 0.25) is 0 Å². The van der Waals surface area contributed by atoms with Crippen molar-refractivity contribution in [2.24, 2.45) is 0 Å². The fraction of sp³-hybridized carbons (Fsp3) is 0.167. The van der Waals surface area contributed by atoms with Crippen molar-refractivity contribution in [3.05, 3.63) is 60.2 Å². The molecule has 0 aliphatic carbocycles. The van der Waals surface area contributed by atoms with Gasteiger partial charge in [0.1, 0.15) is 6.04 Å². The van der Waals surface area contributed by atoms with Gasteiger partial charge in [-0.2, -0.15) is 0 Å². The van der Waals surface area contributed by atoms with Crippen LogP contribution in [0, 0.1) is 0 Å². The van der Waals surface area contributed by atoms with E-state index in [1.807, 2.05) is 48.5 Å². The van der Waals surface area contributed by atoms with Crippen LogP contribution in [0.15, 0.2) is 54.6 Å². The Balaban J connectivity index is 1.59. The maximum Gasteiger partial charge on any atom is 0.322 e. The Kier molecular flexibility index (Phi) is 4.56. The first-order valence-electron chi connectivity index (χ1n) is 7.68. The molecule has 1 fully saturated rings. The number of carbonyl (C=O) groups is 3. The van der Waals surface area contributed by atoms with Gasteiger partial charge in [-0.15, -0.1) is 0 Å². The van der Waals surface area contributed by atoms with Crippen LogP contribution in [0.5, 0.6) is 0 Å². The molecule has 24 heavy (non-hydrogen) atoms. The Labute approximate surface area is 139 Å². The van der Waals surface area contributed by atoms with Gasteiger partial charge in [0.15, 0.2) is 0 Å². The van der Waals surface area contributed by atoms with Gasteiger partial charge in [-0.05, 0) is 29.7 Å². The van der Waals surface area contributed by atoms with Gasteiger partial charge in [-0.1, -0.05) is 42.5 Å². The summed E-state index contributed by atoms with van der Waals surface area (Å²) in [5.74, 6) is -0.571. The molecule has 6 heteroatoms. The number of hydrogen-bond donors (Lipinski definition) is 3. The van der Waals surface area contributed by atoms with Crippen molar-refractivity contribution < 1.29 is 14.4 Å². The van der Waals surface area contributed by atoms with Crippen molar-refractivity contribution in [2.75, 3.05) is 6.54 Å². The van der Waals surface area contributed by atoms with E-state index < -0.39 is 12.1 Å². The first kappa shape index (κ1) is 15.7. The molecule has 6 nitrogen and oxygen atoms in total. The summed E-state index contributed by atoms with van der Waals surface area (Å²) in [7, 11) is 0. The predicted octanol–water partition coefficient (Wildman–Crippen LogP) is 1.68. The van der Waals surface area contributed by atoms with Crippen LogP contribution in [0.3, 0.4) is 0 Å². The van der Waals surface area contributed by atoms with Crippen molar-refractivity contribution in [1.29, 1.82) is 0 Å². The van der Waals surface area contributed by atoms with E-state index in [4.69, 9.17) is 0 Å². The largest absolute Gasteiger partial charge is 0.352 e. The zero-order valence-corrected chi connectivity index (χ0v) is 12.9. The van der Waals surface area contributed by atoms with E-state index in [-0.39, 0.29) is 11.8 Å². The van der Waals surface area contributed by atoms with Gasteiger partial charge >= 0.3 is 6.03 Å². The van der Waals surface area contributed by atoms with Crippen LogP contribution in [0.4, 0.5) is 4.79 Å². The van der Waals surface area contributed by atoms with Crippen molar-refractivity contribution in [3.8, 4) is 11.1 Å². The van der Waals surface area contributed by atoms with E-state index in [9.17, 15) is 14.4 Å². The van der Waals surface area contributed by atoms with Gasteiger partial charge in [0.25, 0.3) is 11.8 Å². The summed E-state index contributed by atoms with van der Waals surface area (Å²) in [5, 5.41) is 7.43. The number of nitrogens with one attached hydrogen (secondary N) is 3. The number of carbonyl (C=O) groups excluding carboxylic acids is 3. The van der Waals surface area contributed by atoms with Gasteiger partial charge in [0.2, 0.25) is 0 Å². The molecule has 1 aliphatic rings. The number of amides is 4. The molecule has 0 bridgehead atoms. The molecule has 1 atom stereocenters. The molecule has 2 aromatic carbocycles. The molecule has 1 saturated heterocycles. The van der Waals surface area contributed by atoms with Crippen molar-refractivity contribution in [3.63, 3.8) is 0 Å². The highest BCUT2D eigenvalue weighted by atomic mass is 16.2. The molecular weight excluding hydrogens is 306 g/mol. The van der Waals surface area contributed by atoms with E-state index >= 15 is 0 Å². The summed E-state index contributed by atoms with van der Waals surface area (Å²) in [5.41, 5.74) is 2.56. The second-order valence-corrected chi connectivity index (χ2v) is 5.51. The lowest BCUT2D eigenvalue weighted by Crippen LogP contribution is -2.34. The van der Waals surface area contributed by atoms with Gasteiger partial charge in [0, 0.05) is 12.1 Å². The summed E-state index contributed by atoms with van der Waals surface area (Å²) in [6.07, 6.45) is 0.349. The number of urea groups is 1. The monoisotopic (exact) mass is 323 g/mol. The minimum Gasteiger partial charge on any atom is -0.352 e. The molecule has 2 aromatic rings. The van der Waals surface area contributed by atoms with Crippen LogP contribution in [-0.2, 0) is 4.79 Å². The molecule has 0 radical (unpaired) electrons. The van der Waals surface area contributed by atoms with Crippen LogP contribution < -0.4 is 16.0 Å². The number of imide groups is 1. The molecule has 3 rings (SSSR count). The summed E-state index contributed by atoms with van der Waals surface area (Å²) in [6.45, 7) is 0.298. The second kappa shape index (κ2) is 6.95. The average molecular weight is 323 g/mol. The zero-order valence-electron chi connectivity index (χ0n) is 12.9. The Hall–Kier alpha value is -3.15. The van der Waals surface area contributed by atoms with Crippen molar-refractivity contribution in [1.82, 2.24) is 16.0 Å². The lowest BCUT2D eigenvalue weighted by atomic mass is 10.0. The maximum absolute atomic E-state index is 12.2. The summed E-state index contributed by atoms with van der Waals surface area (Å²) >= 11 is 0. The van der Waals surface area contributed by atoms with Crippen LogP contribution in [0.1, 0.15) is 16.8 Å². The molecule has 122 valence electrons. The number of hydrogen-bond acceptors (Lipinski definition) is 3. The molecule has 1 heterocycles. The fourth-order valence-corrected chi connectivity index (χ4v) is 2.56. The number of rotatable bonds is 5.